The van der Waals surface area contributed by atoms with Crippen LogP contribution in [0.25, 0.3) is 0 Å². The van der Waals surface area contributed by atoms with E-state index >= 15 is 0 Å². The van der Waals surface area contributed by atoms with Gasteiger partial charge in [-0.25, -0.2) is 4.98 Å². The number of imidazole rings is 1. The summed E-state index contributed by atoms with van der Waals surface area (Å²) in [5.41, 5.74) is 0. The van der Waals surface area contributed by atoms with E-state index in [-0.39, 0.29) is 0 Å². The molecular formula is C12H19N5. The van der Waals surface area contributed by atoms with Gasteiger partial charge in [-0.05, 0) is 12.5 Å². The SMILES string of the molecule is CCCCn1ccnc1NCCn1cccn1. The van der Waals surface area contributed by atoms with Gasteiger partial charge in [0, 0.05) is 37.9 Å². The number of rotatable bonds is 7. The Balaban J connectivity index is 1.80. The average molecular weight is 233 g/mol. The smallest absolute Gasteiger partial charge is 0.202 e. The minimum Gasteiger partial charge on any atom is -0.354 e. The Morgan fingerprint density at radius 3 is 2.94 bits per heavy atom. The first-order valence-corrected chi connectivity index (χ1v) is 6.12. The summed E-state index contributed by atoms with van der Waals surface area (Å²) in [4.78, 5) is 4.31. The largest absolute Gasteiger partial charge is 0.354 e. The van der Waals surface area contributed by atoms with Gasteiger partial charge >= 0.3 is 0 Å². The van der Waals surface area contributed by atoms with Crippen LogP contribution in [-0.2, 0) is 13.1 Å². The molecule has 2 aromatic rings. The molecule has 5 nitrogen and oxygen atoms in total. The van der Waals surface area contributed by atoms with Crippen molar-refractivity contribution in [1.82, 2.24) is 19.3 Å². The lowest BCUT2D eigenvalue weighted by Gasteiger charge is -2.09. The molecular weight excluding hydrogens is 214 g/mol. The van der Waals surface area contributed by atoms with E-state index in [9.17, 15) is 0 Å². The second kappa shape index (κ2) is 6.08. The summed E-state index contributed by atoms with van der Waals surface area (Å²) in [6.07, 6.45) is 10.0. The predicted molar refractivity (Wildman–Crippen MR) is 67.9 cm³/mol. The number of aromatic nitrogens is 4. The zero-order valence-electron chi connectivity index (χ0n) is 10.2. The normalized spacial score (nSPS) is 10.6. The van der Waals surface area contributed by atoms with E-state index in [2.05, 4.69) is 26.9 Å². The van der Waals surface area contributed by atoms with E-state index in [0.717, 1.165) is 25.6 Å². The first-order valence-electron chi connectivity index (χ1n) is 6.12. The maximum atomic E-state index is 4.31. The fourth-order valence-corrected chi connectivity index (χ4v) is 1.70. The summed E-state index contributed by atoms with van der Waals surface area (Å²) >= 11 is 0. The molecule has 0 spiro atoms. The minimum absolute atomic E-state index is 0.838. The minimum atomic E-state index is 0.838. The van der Waals surface area contributed by atoms with Crippen molar-refractivity contribution in [2.75, 3.05) is 11.9 Å². The second-order valence-electron chi connectivity index (χ2n) is 3.99. The van der Waals surface area contributed by atoms with Gasteiger partial charge in [-0.2, -0.15) is 5.10 Å². The van der Waals surface area contributed by atoms with E-state index in [1.54, 1.807) is 6.20 Å². The highest BCUT2D eigenvalue weighted by molar-refractivity contribution is 5.25. The van der Waals surface area contributed by atoms with Crippen LogP contribution >= 0.6 is 0 Å². The number of nitrogens with zero attached hydrogens (tertiary/aromatic N) is 4. The number of anilines is 1. The van der Waals surface area contributed by atoms with E-state index < -0.39 is 0 Å². The molecule has 5 heteroatoms. The Morgan fingerprint density at radius 2 is 2.18 bits per heavy atom. The van der Waals surface area contributed by atoms with Gasteiger partial charge in [-0.3, -0.25) is 4.68 Å². The van der Waals surface area contributed by atoms with Crippen molar-refractivity contribution in [2.24, 2.45) is 0 Å². The Hall–Kier alpha value is -1.78. The molecule has 0 bridgehead atoms. The maximum Gasteiger partial charge on any atom is 0.202 e. The lowest BCUT2D eigenvalue weighted by molar-refractivity contribution is 0.616. The molecule has 0 saturated carbocycles. The van der Waals surface area contributed by atoms with Crippen LogP contribution in [0.3, 0.4) is 0 Å². The van der Waals surface area contributed by atoms with Crippen LogP contribution in [0.1, 0.15) is 19.8 Å². The van der Waals surface area contributed by atoms with Gasteiger partial charge in [0.25, 0.3) is 0 Å². The summed E-state index contributed by atoms with van der Waals surface area (Å²) in [7, 11) is 0. The van der Waals surface area contributed by atoms with Crippen LogP contribution in [0.15, 0.2) is 30.9 Å². The van der Waals surface area contributed by atoms with E-state index in [0.29, 0.717) is 0 Å². The molecule has 0 amide bonds. The van der Waals surface area contributed by atoms with Crippen LogP contribution in [0.4, 0.5) is 5.95 Å². The van der Waals surface area contributed by atoms with Crippen molar-refractivity contribution in [1.29, 1.82) is 0 Å². The van der Waals surface area contributed by atoms with Crippen molar-refractivity contribution in [3.63, 3.8) is 0 Å². The van der Waals surface area contributed by atoms with Gasteiger partial charge < -0.3 is 9.88 Å². The molecule has 17 heavy (non-hydrogen) atoms. The Morgan fingerprint density at radius 1 is 1.24 bits per heavy atom. The van der Waals surface area contributed by atoms with E-state index in [1.807, 2.05) is 29.3 Å². The van der Waals surface area contributed by atoms with Gasteiger partial charge in [0.05, 0.1) is 6.54 Å². The highest BCUT2D eigenvalue weighted by atomic mass is 15.3. The fourth-order valence-electron chi connectivity index (χ4n) is 1.70. The Bertz CT molecular complexity index is 418. The number of unbranched alkanes of at least 4 members (excludes halogenated alkanes) is 1. The summed E-state index contributed by atoms with van der Waals surface area (Å²) in [6, 6.07) is 1.93. The molecule has 2 aromatic heterocycles. The molecule has 0 fully saturated rings. The van der Waals surface area contributed by atoms with Crippen LogP contribution in [0.5, 0.6) is 0 Å². The third-order valence-electron chi connectivity index (χ3n) is 2.65. The summed E-state index contributed by atoms with van der Waals surface area (Å²) < 4.78 is 4.07. The standard InChI is InChI=1S/C12H19N5/c1-2-3-8-16-10-6-13-12(16)14-7-11-17-9-4-5-15-17/h4-6,9-10H,2-3,7-8,11H2,1H3,(H,13,14). The van der Waals surface area contributed by atoms with Crippen molar-refractivity contribution < 1.29 is 0 Å². The summed E-state index contributed by atoms with van der Waals surface area (Å²) in [5.74, 6) is 0.950. The number of nitrogens with one attached hydrogen (secondary N) is 1. The molecule has 0 radical (unpaired) electrons. The summed E-state index contributed by atoms with van der Waals surface area (Å²) in [6.45, 7) is 4.92. The predicted octanol–water partition coefficient (Wildman–Crippen LogP) is 1.99. The quantitative estimate of drug-likeness (QED) is 0.795. The maximum absolute atomic E-state index is 4.31. The van der Waals surface area contributed by atoms with Crippen LogP contribution in [-0.4, -0.2) is 25.9 Å². The Labute approximate surface area is 101 Å². The summed E-state index contributed by atoms with van der Waals surface area (Å²) in [5, 5.41) is 7.49. The van der Waals surface area contributed by atoms with Crippen LogP contribution in [0.2, 0.25) is 0 Å². The molecule has 0 unspecified atom stereocenters. The molecule has 0 atom stereocenters. The number of aryl methyl sites for hydroxylation is 1. The zero-order valence-corrected chi connectivity index (χ0v) is 10.2. The number of hydrogen-bond donors (Lipinski definition) is 1. The van der Waals surface area contributed by atoms with Gasteiger partial charge in [0.2, 0.25) is 5.95 Å². The van der Waals surface area contributed by atoms with Crippen molar-refractivity contribution in [3.05, 3.63) is 30.9 Å². The van der Waals surface area contributed by atoms with Gasteiger partial charge in [-0.1, -0.05) is 13.3 Å². The monoisotopic (exact) mass is 233 g/mol. The molecule has 92 valence electrons. The Kier molecular flexibility index (Phi) is 4.18. The zero-order chi connectivity index (χ0) is 11.9. The highest BCUT2D eigenvalue weighted by Gasteiger charge is 2.00. The van der Waals surface area contributed by atoms with Crippen LogP contribution in [0, 0.1) is 0 Å². The first kappa shape index (κ1) is 11.7. The molecule has 0 aromatic carbocycles. The molecule has 0 saturated heterocycles. The molecule has 1 N–H and O–H groups in total. The molecule has 0 aliphatic carbocycles. The van der Waals surface area contributed by atoms with E-state index in [1.165, 1.54) is 12.8 Å². The van der Waals surface area contributed by atoms with Crippen molar-refractivity contribution >= 4 is 5.95 Å². The highest BCUT2D eigenvalue weighted by Crippen LogP contribution is 2.06. The molecule has 0 aliphatic rings. The average Bonchev–Trinajstić information content (AvgIpc) is 2.98. The van der Waals surface area contributed by atoms with Crippen molar-refractivity contribution in [3.8, 4) is 0 Å². The third kappa shape index (κ3) is 3.34. The molecule has 2 rings (SSSR count). The molecule has 0 aliphatic heterocycles. The molecule has 2 heterocycles. The second-order valence-corrected chi connectivity index (χ2v) is 3.99. The van der Waals surface area contributed by atoms with Gasteiger partial charge in [0.1, 0.15) is 0 Å². The van der Waals surface area contributed by atoms with Gasteiger partial charge in [0.15, 0.2) is 0 Å². The van der Waals surface area contributed by atoms with Crippen LogP contribution < -0.4 is 5.32 Å². The lowest BCUT2D eigenvalue weighted by Crippen LogP contribution is -2.14. The van der Waals surface area contributed by atoms with Gasteiger partial charge in [-0.15, -0.1) is 0 Å². The lowest BCUT2D eigenvalue weighted by atomic mass is 10.3. The first-order chi connectivity index (χ1) is 8.40. The number of hydrogen-bond acceptors (Lipinski definition) is 3. The topological polar surface area (TPSA) is 47.7 Å². The fraction of sp³-hybridized carbons (Fsp3) is 0.500. The van der Waals surface area contributed by atoms with E-state index in [4.69, 9.17) is 0 Å². The third-order valence-corrected chi connectivity index (χ3v) is 2.65. The van der Waals surface area contributed by atoms with Crippen molar-refractivity contribution in [2.45, 2.75) is 32.9 Å².